The second kappa shape index (κ2) is 3.16. The number of hydrogen-bond donors (Lipinski definition) is 1. The molecular weight excluding hydrogens is 170 g/mol. The summed E-state index contributed by atoms with van der Waals surface area (Å²) in [5.74, 6) is 0.421. The SMILES string of the molecule is O=C(O)CC1CCn2cnnc2C1. The largest absolute Gasteiger partial charge is 0.481 e. The molecule has 0 bridgehead atoms. The quantitative estimate of drug-likeness (QED) is 0.713. The van der Waals surface area contributed by atoms with Gasteiger partial charge in [-0.3, -0.25) is 4.79 Å². The van der Waals surface area contributed by atoms with Gasteiger partial charge in [0.05, 0.1) is 0 Å². The van der Waals surface area contributed by atoms with Crippen LogP contribution >= 0.6 is 0 Å². The van der Waals surface area contributed by atoms with E-state index in [2.05, 4.69) is 10.2 Å². The van der Waals surface area contributed by atoms with Crippen molar-refractivity contribution in [2.45, 2.75) is 25.8 Å². The van der Waals surface area contributed by atoms with Gasteiger partial charge in [0.1, 0.15) is 12.2 Å². The molecule has 2 rings (SSSR count). The van der Waals surface area contributed by atoms with E-state index in [-0.39, 0.29) is 12.3 Å². The van der Waals surface area contributed by atoms with Crippen molar-refractivity contribution >= 4 is 5.97 Å². The molecule has 0 amide bonds. The monoisotopic (exact) mass is 181 g/mol. The molecule has 0 radical (unpaired) electrons. The Morgan fingerprint density at radius 3 is 3.38 bits per heavy atom. The lowest BCUT2D eigenvalue weighted by atomic mass is 9.94. The van der Waals surface area contributed by atoms with Crippen LogP contribution in [0.15, 0.2) is 6.33 Å². The number of nitrogens with zero attached hydrogens (tertiary/aromatic N) is 3. The molecule has 1 atom stereocenters. The third kappa shape index (κ3) is 1.68. The molecule has 0 aliphatic carbocycles. The number of carboxylic acids is 1. The van der Waals surface area contributed by atoms with Gasteiger partial charge >= 0.3 is 5.97 Å². The van der Waals surface area contributed by atoms with Crippen LogP contribution in [0.5, 0.6) is 0 Å². The molecule has 0 aromatic carbocycles. The Morgan fingerprint density at radius 1 is 1.77 bits per heavy atom. The zero-order chi connectivity index (χ0) is 9.26. The number of aryl methyl sites for hydroxylation is 1. The fourth-order valence-electron chi connectivity index (χ4n) is 1.73. The van der Waals surface area contributed by atoms with Gasteiger partial charge in [0.2, 0.25) is 0 Å². The lowest BCUT2D eigenvalue weighted by Gasteiger charge is -2.20. The number of rotatable bonds is 2. The van der Waals surface area contributed by atoms with Gasteiger partial charge in [-0.05, 0) is 12.3 Å². The average molecular weight is 181 g/mol. The standard InChI is InChI=1S/C8H11N3O2/c12-8(13)4-6-1-2-11-5-9-10-7(11)3-6/h5-6H,1-4H2,(H,12,13). The Hall–Kier alpha value is -1.39. The number of carboxylic acid groups (broad SMARTS) is 1. The van der Waals surface area contributed by atoms with Crippen LogP contribution in [0.3, 0.4) is 0 Å². The number of aromatic nitrogens is 3. The molecule has 5 heteroatoms. The van der Waals surface area contributed by atoms with E-state index in [1.165, 1.54) is 0 Å². The van der Waals surface area contributed by atoms with Crippen molar-refractivity contribution in [1.29, 1.82) is 0 Å². The van der Waals surface area contributed by atoms with Crippen molar-refractivity contribution in [2.75, 3.05) is 0 Å². The Labute approximate surface area is 75.4 Å². The Bertz CT molecular complexity index is 321. The Morgan fingerprint density at radius 2 is 2.62 bits per heavy atom. The molecule has 0 saturated heterocycles. The lowest BCUT2D eigenvalue weighted by Crippen LogP contribution is -2.21. The topological polar surface area (TPSA) is 68.0 Å². The molecule has 2 heterocycles. The first kappa shape index (κ1) is 8.22. The summed E-state index contributed by atoms with van der Waals surface area (Å²) in [4.78, 5) is 10.5. The van der Waals surface area contributed by atoms with Crippen LogP contribution in [0.4, 0.5) is 0 Å². The highest BCUT2D eigenvalue weighted by Crippen LogP contribution is 2.20. The molecule has 1 aromatic heterocycles. The lowest BCUT2D eigenvalue weighted by molar-refractivity contribution is -0.138. The maximum Gasteiger partial charge on any atom is 0.303 e. The maximum absolute atomic E-state index is 10.5. The van der Waals surface area contributed by atoms with Gasteiger partial charge in [-0.25, -0.2) is 0 Å². The Kier molecular flexibility index (Phi) is 2.00. The number of hydrogen-bond acceptors (Lipinski definition) is 3. The predicted octanol–water partition coefficient (Wildman–Crippen LogP) is 0.315. The van der Waals surface area contributed by atoms with Crippen LogP contribution in [0.25, 0.3) is 0 Å². The second-order valence-electron chi connectivity index (χ2n) is 3.40. The minimum absolute atomic E-state index is 0.231. The van der Waals surface area contributed by atoms with E-state index in [0.717, 1.165) is 25.2 Å². The van der Waals surface area contributed by atoms with Gasteiger partial charge in [-0.15, -0.1) is 10.2 Å². The number of carbonyl (C=O) groups is 1. The molecule has 5 nitrogen and oxygen atoms in total. The van der Waals surface area contributed by atoms with Gasteiger partial charge in [-0.2, -0.15) is 0 Å². The highest BCUT2D eigenvalue weighted by Gasteiger charge is 2.21. The van der Waals surface area contributed by atoms with E-state index in [4.69, 9.17) is 5.11 Å². The third-order valence-corrected chi connectivity index (χ3v) is 2.41. The maximum atomic E-state index is 10.5. The summed E-state index contributed by atoms with van der Waals surface area (Å²) in [6.07, 6.45) is 3.60. The van der Waals surface area contributed by atoms with Crippen LogP contribution in [-0.2, 0) is 17.8 Å². The van der Waals surface area contributed by atoms with Crippen LogP contribution in [0.1, 0.15) is 18.7 Å². The molecule has 13 heavy (non-hydrogen) atoms. The summed E-state index contributed by atoms with van der Waals surface area (Å²) < 4.78 is 1.98. The van der Waals surface area contributed by atoms with Gasteiger partial charge in [0, 0.05) is 19.4 Å². The summed E-state index contributed by atoms with van der Waals surface area (Å²) in [5, 5.41) is 16.3. The summed E-state index contributed by atoms with van der Waals surface area (Å²) >= 11 is 0. The predicted molar refractivity (Wildman–Crippen MR) is 44.1 cm³/mol. The fraction of sp³-hybridized carbons (Fsp3) is 0.625. The molecule has 1 aromatic rings. The van der Waals surface area contributed by atoms with Crippen molar-refractivity contribution < 1.29 is 9.90 Å². The van der Waals surface area contributed by atoms with Crippen molar-refractivity contribution in [3.8, 4) is 0 Å². The minimum Gasteiger partial charge on any atom is -0.481 e. The van der Waals surface area contributed by atoms with Crippen molar-refractivity contribution in [2.24, 2.45) is 5.92 Å². The summed E-state index contributed by atoms with van der Waals surface area (Å²) in [5.41, 5.74) is 0. The van der Waals surface area contributed by atoms with E-state index < -0.39 is 5.97 Å². The van der Waals surface area contributed by atoms with Crippen LogP contribution < -0.4 is 0 Å². The van der Waals surface area contributed by atoms with Gasteiger partial charge in [0.15, 0.2) is 0 Å². The first-order chi connectivity index (χ1) is 6.25. The van der Waals surface area contributed by atoms with E-state index in [1.807, 2.05) is 4.57 Å². The summed E-state index contributed by atoms with van der Waals surface area (Å²) in [6.45, 7) is 0.848. The second-order valence-corrected chi connectivity index (χ2v) is 3.40. The zero-order valence-corrected chi connectivity index (χ0v) is 7.18. The number of aliphatic carboxylic acids is 1. The molecule has 1 aliphatic rings. The molecule has 0 spiro atoms. The highest BCUT2D eigenvalue weighted by atomic mass is 16.4. The molecular formula is C8H11N3O2. The van der Waals surface area contributed by atoms with E-state index in [9.17, 15) is 4.79 Å². The smallest absolute Gasteiger partial charge is 0.303 e. The normalized spacial score (nSPS) is 21.1. The van der Waals surface area contributed by atoms with E-state index in [1.54, 1.807) is 6.33 Å². The van der Waals surface area contributed by atoms with Gasteiger partial charge in [-0.1, -0.05) is 0 Å². The van der Waals surface area contributed by atoms with Crippen molar-refractivity contribution in [1.82, 2.24) is 14.8 Å². The van der Waals surface area contributed by atoms with Crippen molar-refractivity contribution in [3.63, 3.8) is 0 Å². The zero-order valence-electron chi connectivity index (χ0n) is 7.18. The van der Waals surface area contributed by atoms with Crippen molar-refractivity contribution in [3.05, 3.63) is 12.2 Å². The van der Waals surface area contributed by atoms with E-state index >= 15 is 0 Å². The molecule has 0 saturated carbocycles. The molecule has 1 aliphatic heterocycles. The number of fused-ring (bicyclic) bond motifs is 1. The molecule has 1 N–H and O–H groups in total. The summed E-state index contributed by atoms with van der Waals surface area (Å²) in [7, 11) is 0. The Balaban J connectivity index is 2.04. The van der Waals surface area contributed by atoms with Gasteiger partial charge in [0.25, 0.3) is 0 Å². The first-order valence-corrected chi connectivity index (χ1v) is 4.34. The molecule has 0 fully saturated rings. The fourth-order valence-corrected chi connectivity index (χ4v) is 1.73. The van der Waals surface area contributed by atoms with E-state index in [0.29, 0.717) is 0 Å². The van der Waals surface area contributed by atoms with Gasteiger partial charge < -0.3 is 9.67 Å². The third-order valence-electron chi connectivity index (χ3n) is 2.41. The van der Waals surface area contributed by atoms with Crippen LogP contribution in [-0.4, -0.2) is 25.8 Å². The molecule has 1 unspecified atom stereocenters. The highest BCUT2D eigenvalue weighted by molar-refractivity contribution is 5.67. The minimum atomic E-state index is -0.724. The van der Waals surface area contributed by atoms with Crippen LogP contribution in [0.2, 0.25) is 0 Å². The average Bonchev–Trinajstić information content (AvgIpc) is 2.49. The molecule has 70 valence electrons. The summed E-state index contributed by atoms with van der Waals surface area (Å²) in [6, 6.07) is 0. The first-order valence-electron chi connectivity index (χ1n) is 4.34. The van der Waals surface area contributed by atoms with Crippen LogP contribution in [0, 0.1) is 5.92 Å².